The molecule has 0 bridgehead atoms. The Balaban J connectivity index is 1.61. The number of nitrogens with one attached hydrogen (secondary N) is 1. The van der Waals surface area contributed by atoms with Gasteiger partial charge in [0.05, 0.1) is 5.69 Å². The van der Waals surface area contributed by atoms with Crippen molar-refractivity contribution in [3.05, 3.63) is 90.1 Å². The third-order valence-electron chi connectivity index (χ3n) is 4.08. The number of hydrogen-bond acceptors (Lipinski definition) is 2. The highest BCUT2D eigenvalue weighted by Crippen LogP contribution is 2.26. The van der Waals surface area contributed by atoms with Gasteiger partial charge in [-0.2, -0.15) is 0 Å². The predicted octanol–water partition coefficient (Wildman–Crippen LogP) is 6.02. The molecule has 1 heterocycles. The van der Waals surface area contributed by atoms with Crippen LogP contribution in [0.1, 0.15) is 11.3 Å². The Bertz CT molecular complexity index is 1030. The summed E-state index contributed by atoms with van der Waals surface area (Å²) in [5, 5.41) is 1.18. The van der Waals surface area contributed by atoms with E-state index in [0.29, 0.717) is 0 Å². The van der Waals surface area contributed by atoms with Gasteiger partial charge in [0.15, 0.2) is 0 Å². The number of aryl methyl sites for hydroxylation is 1. The van der Waals surface area contributed by atoms with Crippen LogP contribution < -0.4 is 4.74 Å². The topological polar surface area (TPSA) is 37.4 Å². The Kier molecular flexibility index (Phi) is 4.05. The third-order valence-corrected chi connectivity index (χ3v) is 4.08. The lowest BCUT2D eigenvalue weighted by atomic mass is 10.1. The van der Waals surface area contributed by atoms with Crippen molar-refractivity contribution in [1.82, 2.24) is 4.98 Å². The predicted molar refractivity (Wildman–Crippen MR) is 103 cm³/mol. The molecule has 0 saturated heterocycles. The number of aliphatic imine (C=N–C) groups is 1. The molecule has 4 aromatic rings. The second-order valence-corrected chi connectivity index (χ2v) is 5.88. The lowest BCUT2D eigenvalue weighted by Crippen LogP contribution is -1.84. The van der Waals surface area contributed by atoms with Crippen LogP contribution in [0, 0.1) is 6.92 Å². The maximum absolute atomic E-state index is 5.87. The molecule has 0 unspecified atom stereocenters. The molecule has 0 saturated carbocycles. The molecule has 0 atom stereocenters. The SMILES string of the molecule is Cc1[nH]c2ccccc2c1C=Nc1cccc(Oc2ccccc2)c1. The Morgan fingerprint density at radius 2 is 1.60 bits per heavy atom. The summed E-state index contributed by atoms with van der Waals surface area (Å²) in [5.41, 5.74) is 4.22. The first-order valence-corrected chi connectivity index (χ1v) is 8.24. The van der Waals surface area contributed by atoms with Gasteiger partial charge < -0.3 is 9.72 Å². The summed E-state index contributed by atoms with van der Waals surface area (Å²) in [6.45, 7) is 2.07. The Morgan fingerprint density at radius 1 is 0.840 bits per heavy atom. The van der Waals surface area contributed by atoms with E-state index < -0.39 is 0 Å². The number of nitrogens with zero attached hydrogens (tertiary/aromatic N) is 1. The van der Waals surface area contributed by atoms with Gasteiger partial charge in [-0.25, -0.2) is 0 Å². The van der Waals surface area contributed by atoms with E-state index in [1.807, 2.05) is 72.9 Å². The molecule has 0 aliphatic rings. The van der Waals surface area contributed by atoms with Crippen molar-refractivity contribution in [2.24, 2.45) is 4.99 Å². The zero-order valence-corrected chi connectivity index (χ0v) is 13.9. The van der Waals surface area contributed by atoms with Gasteiger partial charge in [0.25, 0.3) is 0 Å². The molecule has 0 fully saturated rings. The molecule has 0 aliphatic carbocycles. The van der Waals surface area contributed by atoms with Crippen LogP contribution in [0.4, 0.5) is 5.69 Å². The van der Waals surface area contributed by atoms with E-state index >= 15 is 0 Å². The van der Waals surface area contributed by atoms with Gasteiger partial charge in [0, 0.05) is 34.4 Å². The van der Waals surface area contributed by atoms with Crippen molar-refractivity contribution in [2.75, 3.05) is 0 Å². The van der Waals surface area contributed by atoms with Crippen LogP contribution in [0.3, 0.4) is 0 Å². The second-order valence-electron chi connectivity index (χ2n) is 5.88. The Hall–Kier alpha value is -3.33. The summed E-state index contributed by atoms with van der Waals surface area (Å²) in [7, 11) is 0. The van der Waals surface area contributed by atoms with E-state index in [1.165, 1.54) is 5.39 Å². The van der Waals surface area contributed by atoms with Crippen LogP contribution in [0.5, 0.6) is 11.5 Å². The highest BCUT2D eigenvalue weighted by atomic mass is 16.5. The van der Waals surface area contributed by atoms with Crippen LogP contribution in [-0.2, 0) is 0 Å². The number of benzene rings is 3. The summed E-state index contributed by atoms with van der Waals surface area (Å²) in [4.78, 5) is 8.03. The number of rotatable bonds is 4. The zero-order chi connectivity index (χ0) is 17.1. The summed E-state index contributed by atoms with van der Waals surface area (Å²) in [5.74, 6) is 1.59. The smallest absolute Gasteiger partial charge is 0.129 e. The quantitative estimate of drug-likeness (QED) is 0.457. The van der Waals surface area contributed by atoms with E-state index in [4.69, 9.17) is 4.74 Å². The minimum Gasteiger partial charge on any atom is -0.457 e. The van der Waals surface area contributed by atoms with Gasteiger partial charge in [-0.05, 0) is 37.3 Å². The molecule has 0 spiro atoms. The summed E-state index contributed by atoms with van der Waals surface area (Å²) >= 11 is 0. The number of fused-ring (bicyclic) bond motifs is 1. The van der Waals surface area contributed by atoms with E-state index in [0.717, 1.165) is 34.0 Å². The molecule has 3 heteroatoms. The molecular weight excluding hydrogens is 308 g/mol. The van der Waals surface area contributed by atoms with Crippen LogP contribution in [0.15, 0.2) is 83.9 Å². The highest BCUT2D eigenvalue weighted by Gasteiger charge is 2.05. The number of aromatic nitrogens is 1. The number of para-hydroxylation sites is 2. The summed E-state index contributed by atoms with van der Waals surface area (Å²) < 4.78 is 5.87. The largest absolute Gasteiger partial charge is 0.457 e. The van der Waals surface area contributed by atoms with Gasteiger partial charge in [-0.3, -0.25) is 4.99 Å². The molecule has 0 amide bonds. The van der Waals surface area contributed by atoms with Crippen molar-refractivity contribution >= 4 is 22.8 Å². The van der Waals surface area contributed by atoms with Gasteiger partial charge >= 0.3 is 0 Å². The Labute approximate surface area is 146 Å². The van der Waals surface area contributed by atoms with Crippen molar-refractivity contribution in [3.63, 3.8) is 0 Å². The molecule has 0 aliphatic heterocycles. The molecule has 25 heavy (non-hydrogen) atoms. The van der Waals surface area contributed by atoms with E-state index in [2.05, 4.69) is 29.0 Å². The molecule has 122 valence electrons. The minimum atomic E-state index is 0.775. The van der Waals surface area contributed by atoms with E-state index in [-0.39, 0.29) is 0 Å². The maximum atomic E-state index is 5.87. The fourth-order valence-corrected chi connectivity index (χ4v) is 2.86. The van der Waals surface area contributed by atoms with Gasteiger partial charge in [-0.1, -0.05) is 42.5 Å². The van der Waals surface area contributed by atoms with Crippen LogP contribution >= 0.6 is 0 Å². The highest BCUT2D eigenvalue weighted by molar-refractivity contribution is 6.01. The molecular formula is C22H18N2O. The van der Waals surface area contributed by atoms with E-state index in [9.17, 15) is 0 Å². The normalized spacial score (nSPS) is 11.2. The summed E-state index contributed by atoms with van der Waals surface area (Å²) in [6, 6.07) is 25.8. The van der Waals surface area contributed by atoms with Gasteiger partial charge in [0.1, 0.15) is 11.5 Å². The number of H-pyrrole nitrogens is 1. The molecule has 1 aromatic heterocycles. The fraction of sp³-hybridized carbons (Fsp3) is 0.0455. The van der Waals surface area contributed by atoms with Crippen molar-refractivity contribution < 1.29 is 4.74 Å². The zero-order valence-electron chi connectivity index (χ0n) is 13.9. The molecule has 3 aromatic carbocycles. The number of ether oxygens (including phenoxy) is 1. The first-order chi connectivity index (χ1) is 12.3. The lowest BCUT2D eigenvalue weighted by Gasteiger charge is -2.05. The van der Waals surface area contributed by atoms with Gasteiger partial charge in [-0.15, -0.1) is 0 Å². The monoisotopic (exact) mass is 326 g/mol. The number of aromatic amines is 1. The molecule has 4 rings (SSSR count). The van der Waals surface area contributed by atoms with Gasteiger partial charge in [0.2, 0.25) is 0 Å². The lowest BCUT2D eigenvalue weighted by molar-refractivity contribution is 0.483. The average molecular weight is 326 g/mol. The summed E-state index contributed by atoms with van der Waals surface area (Å²) in [6.07, 6.45) is 1.91. The van der Waals surface area contributed by atoms with Crippen LogP contribution in [-0.4, -0.2) is 11.2 Å². The first-order valence-electron chi connectivity index (χ1n) is 8.24. The van der Waals surface area contributed by atoms with Crippen molar-refractivity contribution in [3.8, 4) is 11.5 Å². The second kappa shape index (κ2) is 6.65. The third kappa shape index (κ3) is 3.31. The minimum absolute atomic E-state index is 0.775. The van der Waals surface area contributed by atoms with E-state index in [1.54, 1.807) is 0 Å². The molecule has 1 N–H and O–H groups in total. The van der Waals surface area contributed by atoms with Crippen molar-refractivity contribution in [1.29, 1.82) is 0 Å². The molecule has 0 radical (unpaired) electrons. The first kappa shape index (κ1) is 15.2. The average Bonchev–Trinajstić information content (AvgIpc) is 2.96. The Morgan fingerprint density at radius 3 is 2.48 bits per heavy atom. The van der Waals surface area contributed by atoms with Crippen LogP contribution in [0.2, 0.25) is 0 Å². The standard InChI is InChI=1S/C22H18N2O/c1-16-21(20-12-5-6-13-22(20)24-16)15-23-17-8-7-11-19(14-17)25-18-9-3-2-4-10-18/h2-15,24H,1H3. The van der Waals surface area contributed by atoms with Crippen LogP contribution in [0.25, 0.3) is 10.9 Å². The number of hydrogen-bond donors (Lipinski definition) is 1. The maximum Gasteiger partial charge on any atom is 0.129 e. The molecule has 3 nitrogen and oxygen atoms in total. The fourth-order valence-electron chi connectivity index (χ4n) is 2.86. The van der Waals surface area contributed by atoms with Crippen molar-refractivity contribution in [2.45, 2.75) is 6.92 Å².